The molecule has 1 fully saturated rings. The van der Waals surface area contributed by atoms with Crippen LogP contribution in [0.1, 0.15) is 15.9 Å². The Labute approximate surface area is 163 Å². The number of nitrogens with zero attached hydrogens (tertiary/aromatic N) is 1. The third-order valence-electron chi connectivity index (χ3n) is 3.47. The SMILES string of the molecule is O=C1NC(=Nc2ccc(C(=O)O)c(O)c2)S/C1=C\C(Cl)=C\c1ccccc1. The lowest BCUT2D eigenvalue weighted by molar-refractivity contribution is -0.115. The number of hydrogen-bond acceptors (Lipinski definition) is 5. The van der Waals surface area contributed by atoms with Crippen LogP contribution in [-0.2, 0) is 4.79 Å². The maximum Gasteiger partial charge on any atom is 0.339 e. The normalized spacial score (nSPS) is 17.4. The van der Waals surface area contributed by atoms with Gasteiger partial charge >= 0.3 is 5.97 Å². The van der Waals surface area contributed by atoms with E-state index in [9.17, 15) is 14.7 Å². The zero-order chi connectivity index (χ0) is 19.4. The first kappa shape index (κ1) is 18.8. The molecule has 0 unspecified atom stereocenters. The fourth-order valence-corrected chi connectivity index (χ4v) is 3.38. The Kier molecular flexibility index (Phi) is 5.63. The Balaban J connectivity index is 1.79. The van der Waals surface area contributed by atoms with E-state index in [-0.39, 0.29) is 11.5 Å². The molecule has 0 aliphatic carbocycles. The van der Waals surface area contributed by atoms with Gasteiger partial charge in [-0.15, -0.1) is 0 Å². The summed E-state index contributed by atoms with van der Waals surface area (Å²) in [6.07, 6.45) is 3.28. The van der Waals surface area contributed by atoms with Gasteiger partial charge in [-0.25, -0.2) is 9.79 Å². The largest absolute Gasteiger partial charge is 0.507 e. The molecule has 1 aliphatic rings. The monoisotopic (exact) mass is 400 g/mol. The van der Waals surface area contributed by atoms with Gasteiger partial charge in [0.05, 0.1) is 10.6 Å². The van der Waals surface area contributed by atoms with Crippen molar-refractivity contribution < 1.29 is 19.8 Å². The van der Waals surface area contributed by atoms with Crippen molar-refractivity contribution in [1.82, 2.24) is 5.32 Å². The van der Waals surface area contributed by atoms with Crippen LogP contribution in [0.4, 0.5) is 5.69 Å². The number of halogens is 1. The maximum absolute atomic E-state index is 12.1. The van der Waals surface area contributed by atoms with Gasteiger partial charge in [0.25, 0.3) is 5.91 Å². The average molecular weight is 401 g/mol. The second kappa shape index (κ2) is 8.11. The molecule has 136 valence electrons. The van der Waals surface area contributed by atoms with Crippen molar-refractivity contribution in [3.63, 3.8) is 0 Å². The number of amides is 1. The van der Waals surface area contributed by atoms with Gasteiger partial charge < -0.3 is 15.5 Å². The van der Waals surface area contributed by atoms with Gasteiger partial charge in [-0.1, -0.05) is 41.9 Å². The molecule has 0 spiro atoms. The lowest BCUT2D eigenvalue weighted by Gasteiger charge is -2.01. The van der Waals surface area contributed by atoms with Crippen molar-refractivity contribution in [1.29, 1.82) is 0 Å². The van der Waals surface area contributed by atoms with Crippen LogP contribution in [0.3, 0.4) is 0 Å². The van der Waals surface area contributed by atoms with Crippen molar-refractivity contribution in [3.05, 3.63) is 75.7 Å². The van der Waals surface area contributed by atoms with E-state index in [1.54, 1.807) is 12.2 Å². The summed E-state index contributed by atoms with van der Waals surface area (Å²) < 4.78 is 0. The molecular weight excluding hydrogens is 388 g/mol. The number of amidine groups is 1. The van der Waals surface area contributed by atoms with Crippen LogP contribution < -0.4 is 5.32 Å². The molecule has 0 radical (unpaired) electrons. The number of thioether (sulfide) groups is 1. The first-order valence-corrected chi connectivity index (χ1v) is 8.90. The number of nitrogens with one attached hydrogen (secondary N) is 1. The molecule has 2 aromatic carbocycles. The quantitative estimate of drug-likeness (QED) is 0.671. The van der Waals surface area contributed by atoms with E-state index in [0.29, 0.717) is 20.8 Å². The van der Waals surface area contributed by atoms with E-state index >= 15 is 0 Å². The predicted molar refractivity (Wildman–Crippen MR) is 106 cm³/mol. The number of carbonyl (C=O) groups excluding carboxylic acids is 1. The minimum Gasteiger partial charge on any atom is -0.507 e. The van der Waals surface area contributed by atoms with E-state index in [4.69, 9.17) is 16.7 Å². The van der Waals surface area contributed by atoms with Gasteiger partial charge in [0.1, 0.15) is 11.3 Å². The molecule has 1 amide bonds. The van der Waals surface area contributed by atoms with E-state index < -0.39 is 11.7 Å². The number of allylic oxidation sites excluding steroid dienone is 2. The summed E-state index contributed by atoms with van der Waals surface area (Å²) in [6.45, 7) is 0. The number of benzene rings is 2. The third kappa shape index (κ3) is 4.78. The Hall–Kier alpha value is -3.03. The van der Waals surface area contributed by atoms with Crippen LogP contribution in [-0.4, -0.2) is 27.3 Å². The number of hydrogen-bond donors (Lipinski definition) is 3. The van der Waals surface area contributed by atoms with Gasteiger partial charge in [-0.05, 0) is 41.6 Å². The minimum absolute atomic E-state index is 0.222. The molecule has 3 N–H and O–H groups in total. The van der Waals surface area contributed by atoms with Gasteiger partial charge in [0, 0.05) is 11.1 Å². The molecule has 0 aromatic heterocycles. The van der Waals surface area contributed by atoms with Crippen molar-refractivity contribution >= 4 is 52.2 Å². The average Bonchev–Trinajstić information content (AvgIpc) is 2.94. The van der Waals surface area contributed by atoms with E-state index in [0.717, 1.165) is 17.3 Å². The lowest BCUT2D eigenvalue weighted by Crippen LogP contribution is -2.19. The van der Waals surface area contributed by atoms with Crippen molar-refractivity contribution in [2.24, 2.45) is 4.99 Å². The smallest absolute Gasteiger partial charge is 0.339 e. The predicted octanol–water partition coefficient (Wildman–Crippen LogP) is 4.10. The molecule has 0 saturated carbocycles. The highest BCUT2D eigenvalue weighted by Gasteiger charge is 2.24. The molecule has 8 heteroatoms. The number of aliphatic imine (C=N–C) groups is 1. The number of aromatic carboxylic acids is 1. The van der Waals surface area contributed by atoms with Crippen LogP contribution >= 0.6 is 23.4 Å². The van der Waals surface area contributed by atoms with E-state index in [1.807, 2.05) is 30.3 Å². The van der Waals surface area contributed by atoms with Crippen LogP contribution in [0.2, 0.25) is 0 Å². The Morgan fingerprint density at radius 1 is 1.19 bits per heavy atom. The van der Waals surface area contributed by atoms with Crippen LogP contribution in [0.25, 0.3) is 6.08 Å². The Morgan fingerprint density at radius 2 is 1.93 bits per heavy atom. The molecular formula is C19H13ClN2O4S. The number of rotatable bonds is 4. The zero-order valence-corrected chi connectivity index (χ0v) is 15.3. The fraction of sp³-hybridized carbons (Fsp3) is 0. The molecule has 0 atom stereocenters. The molecule has 27 heavy (non-hydrogen) atoms. The molecule has 1 aliphatic heterocycles. The van der Waals surface area contributed by atoms with E-state index in [2.05, 4.69) is 10.3 Å². The molecule has 0 bridgehead atoms. The highest BCUT2D eigenvalue weighted by atomic mass is 35.5. The minimum atomic E-state index is -1.24. The van der Waals surface area contributed by atoms with Crippen LogP contribution in [0.15, 0.2) is 69.5 Å². The highest BCUT2D eigenvalue weighted by Crippen LogP contribution is 2.30. The van der Waals surface area contributed by atoms with Gasteiger partial charge in [0.2, 0.25) is 0 Å². The third-order valence-corrected chi connectivity index (χ3v) is 4.59. The number of carboxylic acids is 1. The number of carboxylic acid groups (broad SMARTS) is 1. The fourth-order valence-electron chi connectivity index (χ4n) is 2.24. The van der Waals surface area contributed by atoms with Crippen molar-refractivity contribution in [2.75, 3.05) is 0 Å². The van der Waals surface area contributed by atoms with Crippen molar-refractivity contribution in [2.45, 2.75) is 0 Å². The summed E-state index contributed by atoms with van der Waals surface area (Å²) >= 11 is 7.30. The van der Waals surface area contributed by atoms with Crippen molar-refractivity contribution in [3.8, 4) is 5.75 Å². The second-order valence-corrected chi connectivity index (χ2v) is 6.90. The maximum atomic E-state index is 12.1. The molecule has 1 saturated heterocycles. The van der Waals surface area contributed by atoms with Gasteiger partial charge in [-0.2, -0.15) is 0 Å². The highest BCUT2D eigenvalue weighted by molar-refractivity contribution is 8.18. The first-order chi connectivity index (χ1) is 12.9. The summed E-state index contributed by atoms with van der Waals surface area (Å²) in [4.78, 5) is 27.6. The summed E-state index contributed by atoms with van der Waals surface area (Å²) in [5.41, 5.74) is 0.999. The molecule has 3 rings (SSSR count). The summed E-state index contributed by atoms with van der Waals surface area (Å²) in [6, 6.07) is 13.3. The molecule has 6 nitrogen and oxygen atoms in total. The molecule has 2 aromatic rings. The Morgan fingerprint density at radius 3 is 2.59 bits per heavy atom. The molecule has 1 heterocycles. The number of phenols is 1. The standard InChI is InChI=1S/C19H13ClN2O4S/c20-12(8-11-4-2-1-3-5-11)9-16-17(24)22-19(27-16)21-13-6-7-14(18(25)26)15(23)10-13/h1-10,23H,(H,25,26)(H,21,22,24)/b12-8-,16-9-. The topological polar surface area (TPSA) is 99.0 Å². The summed E-state index contributed by atoms with van der Waals surface area (Å²) in [5, 5.41) is 21.9. The van der Waals surface area contributed by atoms with E-state index in [1.165, 1.54) is 18.2 Å². The summed E-state index contributed by atoms with van der Waals surface area (Å²) in [7, 11) is 0. The van der Waals surface area contributed by atoms with Gasteiger partial charge in [-0.3, -0.25) is 4.79 Å². The number of carbonyl (C=O) groups is 2. The second-order valence-electron chi connectivity index (χ2n) is 5.43. The Bertz CT molecular complexity index is 1000. The summed E-state index contributed by atoms with van der Waals surface area (Å²) in [5.74, 6) is -1.98. The zero-order valence-electron chi connectivity index (χ0n) is 13.7. The van der Waals surface area contributed by atoms with Crippen LogP contribution in [0, 0.1) is 0 Å². The lowest BCUT2D eigenvalue weighted by atomic mass is 10.2. The van der Waals surface area contributed by atoms with Crippen LogP contribution in [0.5, 0.6) is 5.75 Å². The van der Waals surface area contributed by atoms with Gasteiger partial charge in [0.15, 0.2) is 5.17 Å². The first-order valence-electron chi connectivity index (χ1n) is 7.70. The number of aromatic hydroxyl groups is 1.